The van der Waals surface area contributed by atoms with Crippen LogP contribution in [0.5, 0.6) is 0 Å². The molecule has 0 bridgehead atoms. The molecule has 0 aliphatic heterocycles. The highest BCUT2D eigenvalue weighted by Crippen LogP contribution is 2.13. The maximum absolute atomic E-state index is 10.8. The fourth-order valence-corrected chi connectivity index (χ4v) is 0.878. The molecule has 0 atom stereocenters. The first-order valence-corrected chi connectivity index (χ1v) is 4.54. The lowest BCUT2D eigenvalue weighted by Crippen LogP contribution is -2.07. The van der Waals surface area contributed by atoms with Gasteiger partial charge in [0.25, 0.3) is 0 Å². The standard InChI is InChI=1S/C10H11ClN2O/c1-7(8(2)14)12-13-10-5-3-9(11)4-6-10/h3-6,13H,1-2H3/b12-7-. The highest BCUT2D eigenvalue weighted by atomic mass is 35.5. The highest BCUT2D eigenvalue weighted by molar-refractivity contribution is 6.38. The van der Waals surface area contributed by atoms with Crippen molar-refractivity contribution in [1.29, 1.82) is 0 Å². The van der Waals surface area contributed by atoms with E-state index in [1.807, 2.05) is 0 Å². The molecular weight excluding hydrogens is 200 g/mol. The van der Waals surface area contributed by atoms with Crippen molar-refractivity contribution in [1.82, 2.24) is 0 Å². The molecule has 0 spiro atoms. The normalized spacial score (nSPS) is 11.2. The number of Topliss-reactive ketones (excluding diaryl/α,β-unsaturated/α-hetero) is 1. The third-order valence-corrected chi connectivity index (χ3v) is 1.96. The topological polar surface area (TPSA) is 41.5 Å². The maximum atomic E-state index is 10.8. The number of anilines is 1. The first-order valence-electron chi connectivity index (χ1n) is 4.16. The van der Waals surface area contributed by atoms with Crippen LogP contribution in [0.25, 0.3) is 0 Å². The molecule has 4 heteroatoms. The zero-order valence-corrected chi connectivity index (χ0v) is 8.80. The van der Waals surface area contributed by atoms with Gasteiger partial charge in [-0.05, 0) is 31.2 Å². The van der Waals surface area contributed by atoms with Crippen LogP contribution in [-0.4, -0.2) is 11.5 Å². The molecule has 1 aromatic rings. The molecule has 1 N–H and O–H groups in total. The van der Waals surface area contributed by atoms with E-state index in [-0.39, 0.29) is 5.78 Å². The predicted molar refractivity (Wildman–Crippen MR) is 58.9 cm³/mol. The molecule has 0 unspecified atom stereocenters. The lowest BCUT2D eigenvalue weighted by atomic mass is 10.3. The summed E-state index contributed by atoms with van der Waals surface area (Å²) in [5.74, 6) is -0.0496. The molecule has 3 nitrogen and oxygen atoms in total. The quantitative estimate of drug-likeness (QED) is 0.616. The van der Waals surface area contributed by atoms with E-state index in [0.29, 0.717) is 10.7 Å². The van der Waals surface area contributed by atoms with Crippen molar-refractivity contribution in [3.8, 4) is 0 Å². The van der Waals surface area contributed by atoms with Gasteiger partial charge in [-0.1, -0.05) is 11.6 Å². The average Bonchev–Trinajstić information content (AvgIpc) is 2.16. The van der Waals surface area contributed by atoms with Crippen LogP contribution in [-0.2, 0) is 4.79 Å². The number of rotatable bonds is 3. The van der Waals surface area contributed by atoms with Gasteiger partial charge in [-0.25, -0.2) is 0 Å². The Morgan fingerprint density at radius 2 is 1.86 bits per heavy atom. The van der Waals surface area contributed by atoms with Crippen molar-refractivity contribution in [2.24, 2.45) is 5.10 Å². The number of hydrogen-bond donors (Lipinski definition) is 1. The molecule has 1 rings (SSSR count). The monoisotopic (exact) mass is 210 g/mol. The van der Waals surface area contributed by atoms with Gasteiger partial charge in [-0.15, -0.1) is 0 Å². The van der Waals surface area contributed by atoms with Gasteiger partial charge in [0.05, 0.1) is 5.69 Å². The Morgan fingerprint density at radius 3 is 2.36 bits per heavy atom. The van der Waals surface area contributed by atoms with Crippen molar-refractivity contribution >= 4 is 28.8 Å². The van der Waals surface area contributed by atoms with E-state index in [2.05, 4.69) is 10.5 Å². The molecule has 74 valence electrons. The molecule has 0 aromatic heterocycles. The molecule has 1 aromatic carbocycles. The Balaban J connectivity index is 2.66. The first-order chi connectivity index (χ1) is 6.59. The Morgan fingerprint density at radius 1 is 1.29 bits per heavy atom. The van der Waals surface area contributed by atoms with Crippen LogP contribution in [0.4, 0.5) is 5.69 Å². The largest absolute Gasteiger partial charge is 0.293 e. The molecule has 0 aliphatic rings. The molecule has 0 saturated carbocycles. The van der Waals surface area contributed by atoms with E-state index in [9.17, 15) is 4.79 Å². The third-order valence-electron chi connectivity index (χ3n) is 1.71. The van der Waals surface area contributed by atoms with Crippen LogP contribution in [0.3, 0.4) is 0 Å². The summed E-state index contributed by atoms with van der Waals surface area (Å²) in [5.41, 5.74) is 4.01. The first kappa shape index (κ1) is 10.7. The number of hydrazone groups is 1. The van der Waals surface area contributed by atoms with Gasteiger partial charge < -0.3 is 0 Å². The molecule has 0 heterocycles. The smallest absolute Gasteiger partial charge is 0.175 e. The fraction of sp³-hybridized carbons (Fsp3) is 0.200. The predicted octanol–water partition coefficient (Wildman–Crippen LogP) is 2.72. The van der Waals surface area contributed by atoms with Crippen LogP contribution >= 0.6 is 11.6 Å². The van der Waals surface area contributed by atoms with Gasteiger partial charge in [0.2, 0.25) is 0 Å². The lowest BCUT2D eigenvalue weighted by molar-refractivity contribution is -0.111. The molecule has 14 heavy (non-hydrogen) atoms. The van der Waals surface area contributed by atoms with E-state index in [1.54, 1.807) is 31.2 Å². The van der Waals surface area contributed by atoms with Gasteiger partial charge in [-0.3, -0.25) is 10.2 Å². The Kier molecular flexibility index (Phi) is 3.65. The van der Waals surface area contributed by atoms with Gasteiger partial charge in [0.1, 0.15) is 5.71 Å². The summed E-state index contributed by atoms with van der Waals surface area (Å²) in [5, 5.41) is 4.57. The summed E-state index contributed by atoms with van der Waals surface area (Å²) in [4.78, 5) is 10.8. The fourth-order valence-electron chi connectivity index (χ4n) is 0.752. The van der Waals surface area contributed by atoms with Gasteiger partial charge in [-0.2, -0.15) is 5.10 Å². The zero-order chi connectivity index (χ0) is 10.6. The number of nitrogens with zero attached hydrogens (tertiary/aromatic N) is 1. The van der Waals surface area contributed by atoms with E-state index in [0.717, 1.165) is 5.69 Å². The molecule has 0 fully saturated rings. The maximum Gasteiger partial charge on any atom is 0.175 e. The summed E-state index contributed by atoms with van der Waals surface area (Å²) in [6.07, 6.45) is 0. The Hall–Kier alpha value is -1.35. The zero-order valence-electron chi connectivity index (χ0n) is 8.04. The summed E-state index contributed by atoms with van der Waals surface area (Å²) in [6.45, 7) is 3.13. The van der Waals surface area contributed by atoms with Crippen LogP contribution in [0.1, 0.15) is 13.8 Å². The second-order valence-corrected chi connectivity index (χ2v) is 3.31. The van der Waals surface area contributed by atoms with E-state index in [1.165, 1.54) is 6.92 Å². The molecule has 0 radical (unpaired) electrons. The van der Waals surface area contributed by atoms with Crippen LogP contribution in [0.15, 0.2) is 29.4 Å². The van der Waals surface area contributed by atoms with Crippen LogP contribution < -0.4 is 5.43 Å². The van der Waals surface area contributed by atoms with Crippen molar-refractivity contribution in [3.63, 3.8) is 0 Å². The number of carbonyl (C=O) groups is 1. The van der Waals surface area contributed by atoms with Crippen LogP contribution in [0, 0.1) is 0 Å². The van der Waals surface area contributed by atoms with E-state index >= 15 is 0 Å². The lowest BCUT2D eigenvalue weighted by Gasteiger charge is -2.00. The van der Waals surface area contributed by atoms with Gasteiger partial charge in [0.15, 0.2) is 5.78 Å². The highest BCUT2D eigenvalue weighted by Gasteiger charge is 1.96. The summed E-state index contributed by atoms with van der Waals surface area (Å²) >= 11 is 5.71. The summed E-state index contributed by atoms with van der Waals surface area (Å²) in [7, 11) is 0. The van der Waals surface area contributed by atoms with Crippen molar-refractivity contribution in [3.05, 3.63) is 29.3 Å². The SMILES string of the molecule is CC(=O)/C(C)=N\Nc1ccc(Cl)cc1. The van der Waals surface area contributed by atoms with E-state index < -0.39 is 0 Å². The number of ketones is 1. The number of halogens is 1. The Bertz CT molecular complexity index is 357. The van der Waals surface area contributed by atoms with E-state index in [4.69, 9.17) is 11.6 Å². The van der Waals surface area contributed by atoms with Gasteiger partial charge >= 0.3 is 0 Å². The molecular formula is C10H11ClN2O. The molecule has 0 amide bonds. The average molecular weight is 211 g/mol. The van der Waals surface area contributed by atoms with Gasteiger partial charge in [0, 0.05) is 11.9 Å². The molecule has 0 aliphatic carbocycles. The number of hydrogen-bond acceptors (Lipinski definition) is 3. The van der Waals surface area contributed by atoms with Crippen LogP contribution in [0.2, 0.25) is 5.02 Å². The minimum absolute atomic E-state index is 0.0496. The van der Waals surface area contributed by atoms with Crippen molar-refractivity contribution in [2.75, 3.05) is 5.43 Å². The summed E-state index contributed by atoms with van der Waals surface area (Å²) < 4.78 is 0. The number of carbonyl (C=O) groups excluding carboxylic acids is 1. The summed E-state index contributed by atoms with van der Waals surface area (Å²) in [6, 6.07) is 7.09. The Labute approximate surface area is 87.8 Å². The second kappa shape index (κ2) is 4.77. The minimum Gasteiger partial charge on any atom is -0.293 e. The second-order valence-electron chi connectivity index (χ2n) is 2.87. The molecule has 0 saturated heterocycles. The third kappa shape index (κ3) is 3.18. The van der Waals surface area contributed by atoms with Crippen molar-refractivity contribution < 1.29 is 4.79 Å². The number of benzene rings is 1. The number of nitrogens with one attached hydrogen (secondary N) is 1. The van der Waals surface area contributed by atoms with Crippen molar-refractivity contribution in [2.45, 2.75) is 13.8 Å². The minimum atomic E-state index is -0.0496.